The average molecular weight is 498 g/mol. The Kier molecular flexibility index (Phi) is 17.6. The molecule has 0 amide bonds. The lowest BCUT2D eigenvalue weighted by Gasteiger charge is -2.11. The SMILES string of the molecule is CC.CCCCOCCOCCOCCOc1c(Br)cc(C=O)cc1Br. The second-order valence-electron chi connectivity index (χ2n) is 4.97. The van der Waals surface area contributed by atoms with Gasteiger partial charge in [-0.05, 0) is 50.4 Å². The molecule has 7 heteroatoms. The molecule has 0 heterocycles. The maximum Gasteiger partial charge on any atom is 0.150 e. The molecule has 0 radical (unpaired) electrons. The van der Waals surface area contributed by atoms with Gasteiger partial charge in [0.25, 0.3) is 0 Å². The predicted molar refractivity (Wildman–Crippen MR) is 111 cm³/mol. The van der Waals surface area contributed by atoms with Crippen LogP contribution >= 0.6 is 31.9 Å². The Balaban J connectivity index is 0.00000301. The van der Waals surface area contributed by atoms with Crippen molar-refractivity contribution in [3.05, 3.63) is 26.6 Å². The maximum atomic E-state index is 10.8. The van der Waals surface area contributed by atoms with E-state index in [1.54, 1.807) is 12.1 Å². The van der Waals surface area contributed by atoms with Crippen molar-refractivity contribution >= 4 is 38.1 Å². The van der Waals surface area contributed by atoms with Gasteiger partial charge in [0.1, 0.15) is 18.6 Å². The number of rotatable bonds is 14. The van der Waals surface area contributed by atoms with Crippen molar-refractivity contribution < 1.29 is 23.7 Å². The van der Waals surface area contributed by atoms with Crippen LogP contribution in [0.3, 0.4) is 0 Å². The lowest BCUT2D eigenvalue weighted by molar-refractivity contribution is 0.00887. The summed E-state index contributed by atoms with van der Waals surface area (Å²) in [5, 5.41) is 0. The van der Waals surface area contributed by atoms with E-state index < -0.39 is 0 Å². The quantitative estimate of drug-likeness (QED) is 0.258. The highest BCUT2D eigenvalue weighted by Crippen LogP contribution is 2.34. The minimum Gasteiger partial charge on any atom is -0.489 e. The van der Waals surface area contributed by atoms with Gasteiger partial charge in [0.05, 0.1) is 42.0 Å². The van der Waals surface area contributed by atoms with E-state index in [2.05, 4.69) is 38.8 Å². The predicted octanol–water partition coefficient (Wildman–Crippen LogP) is 5.28. The summed E-state index contributed by atoms with van der Waals surface area (Å²) < 4.78 is 23.4. The number of carbonyl (C=O) groups excluding carboxylic acids is 1. The number of benzene rings is 1. The van der Waals surface area contributed by atoms with E-state index in [1.807, 2.05) is 13.8 Å². The summed E-state index contributed by atoms with van der Waals surface area (Å²) in [4.78, 5) is 10.8. The third kappa shape index (κ3) is 12.0. The molecule has 1 aromatic rings. The van der Waals surface area contributed by atoms with Crippen LogP contribution in [0.5, 0.6) is 5.75 Å². The Hall–Kier alpha value is -0.470. The minimum absolute atomic E-state index is 0.414. The first-order valence-corrected chi connectivity index (χ1v) is 10.6. The van der Waals surface area contributed by atoms with Crippen molar-refractivity contribution in [2.45, 2.75) is 33.6 Å². The minimum atomic E-state index is 0.414. The summed E-state index contributed by atoms with van der Waals surface area (Å²) in [7, 11) is 0. The van der Waals surface area contributed by atoms with E-state index in [0.717, 1.165) is 34.7 Å². The number of aldehydes is 1. The summed E-state index contributed by atoms with van der Waals surface area (Å²) in [6.07, 6.45) is 3.02. The lowest BCUT2D eigenvalue weighted by atomic mass is 10.2. The normalized spacial score (nSPS) is 10.2. The third-order valence-electron chi connectivity index (χ3n) is 3.02. The highest BCUT2D eigenvalue weighted by atomic mass is 79.9. The fourth-order valence-corrected chi connectivity index (χ4v) is 3.23. The van der Waals surface area contributed by atoms with Crippen LogP contribution in [0, 0.1) is 0 Å². The molecule has 0 N–H and O–H groups in total. The first-order chi connectivity index (χ1) is 12.7. The highest BCUT2D eigenvalue weighted by Gasteiger charge is 2.08. The van der Waals surface area contributed by atoms with Gasteiger partial charge in [0.2, 0.25) is 0 Å². The third-order valence-corrected chi connectivity index (χ3v) is 4.20. The van der Waals surface area contributed by atoms with Gasteiger partial charge in [-0.1, -0.05) is 27.2 Å². The van der Waals surface area contributed by atoms with Gasteiger partial charge in [-0.15, -0.1) is 0 Å². The molecule has 0 bridgehead atoms. The van der Waals surface area contributed by atoms with Gasteiger partial charge in [-0.2, -0.15) is 0 Å². The Morgan fingerprint density at radius 2 is 1.31 bits per heavy atom. The zero-order chi connectivity index (χ0) is 19.6. The molecule has 0 aromatic heterocycles. The van der Waals surface area contributed by atoms with Crippen LogP contribution in [-0.4, -0.2) is 52.5 Å². The molecule has 0 unspecified atom stereocenters. The zero-order valence-electron chi connectivity index (χ0n) is 15.9. The van der Waals surface area contributed by atoms with E-state index in [-0.39, 0.29) is 0 Å². The average Bonchev–Trinajstić information content (AvgIpc) is 2.65. The number of unbranched alkanes of at least 4 members (excludes halogenated alkanes) is 1. The van der Waals surface area contributed by atoms with Crippen LogP contribution in [0.4, 0.5) is 0 Å². The van der Waals surface area contributed by atoms with Crippen LogP contribution in [0.2, 0.25) is 0 Å². The summed E-state index contributed by atoms with van der Waals surface area (Å²) in [5.41, 5.74) is 0.577. The molecule has 1 aromatic carbocycles. The molecule has 0 spiro atoms. The molecule has 0 aliphatic carbocycles. The van der Waals surface area contributed by atoms with E-state index in [1.165, 1.54) is 0 Å². The van der Waals surface area contributed by atoms with Crippen LogP contribution in [0.25, 0.3) is 0 Å². The van der Waals surface area contributed by atoms with E-state index in [9.17, 15) is 4.79 Å². The van der Waals surface area contributed by atoms with Crippen molar-refractivity contribution in [3.8, 4) is 5.75 Å². The number of halogens is 2. The van der Waals surface area contributed by atoms with Crippen molar-refractivity contribution in [1.29, 1.82) is 0 Å². The second-order valence-corrected chi connectivity index (χ2v) is 6.68. The topological polar surface area (TPSA) is 54.0 Å². The summed E-state index contributed by atoms with van der Waals surface area (Å²) in [6, 6.07) is 3.43. The molecule has 1 rings (SSSR count). The Labute approximate surface area is 174 Å². The highest BCUT2D eigenvalue weighted by molar-refractivity contribution is 9.11. The largest absolute Gasteiger partial charge is 0.489 e. The molecule has 150 valence electrons. The molecule has 0 fully saturated rings. The first kappa shape index (κ1) is 25.5. The second kappa shape index (κ2) is 17.9. The number of hydrogen-bond donors (Lipinski definition) is 0. The number of ether oxygens (including phenoxy) is 4. The van der Waals surface area contributed by atoms with Crippen LogP contribution in [0.1, 0.15) is 44.0 Å². The van der Waals surface area contributed by atoms with Crippen molar-refractivity contribution in [1.82, 2.24) is 0 Å². The summed E-state index contributed by atoms with van der Waals surface area (Å²) >= 11 is 6.77. The maximum absolute atomic E-state index is 10.8. The van der Waals surface area contributed by atoms with E-state index in [0.29, 0.717) is 51.0 Å². The van der Waals surface area contributed by atoms with Gasteiger partial charge in [0, 0.05) is 12.2 Å². The monoisotopic (exact) mass is 496 g/mol. The fraction of sp³-hybridized carbons (Fsp3) is 0.632. The first-order valence-electron chi connectivity index (χ1n) is 8.99. The van der Waals surface area contributed by atoms with E-state index >= 15 is 0 Å². The number of hydrogen-bond acceptors (Lipinski definition) is 5. The molecule has 0 saturated heterocycles. The van der Waals surface area contributed by atoms with E-state index in [4.69, 9.17) is 18.9 Å². The summed E-state index contributed by atoms with van der Waals surface area (Å²) in [5.74, 6) is 0.657. The molecule has 26 heavy (non-hydrogen) atoms. The Morgan fingerprint density at radius 3 is 1.77 bits per heavy atom. The molecular formula is C19H30Br2O5. The van der Waals surface area contributed by atoms with Gasteiger partial charge >= 0.3 is 0 Å². The molecule has 0 aliphatic rings. The molecular weight excluding hydrogens is 468 g/mol. The lowest BCUT2D eigenvalue weighted by Crippen LogP contribution is -2.13. The zero-order valence-corrected chi connectivity index (χ0v) is 19.1. The molecule has 0 saturated carbocycles. The number of carbonyl (C=O) groups is 1. The van der Waals surface area contributed by atoms with Gasteiger partial charge < -0.3 is 18.9 Å². The molecule has 0 aliphatic heterocycles. The standard InChI is InChI=1S/C17H24Br2O5.C2H6/c1-2-3-4-21-5-6-22-7-8-23-9-10-24-17-15(18)11-14(13-20)12-16(17)19;1-2/h11-13H,2-10H2,1H3;1-2H3. The smallest absolute Gasteiger partial charge is 0.150 e. The van der Waals surface area contributed by atoms with Crippen LogP contribution < -0.4 is 4.74 Å². The van der Waals surface area contributed by atoms with Gasteiger partial charge in [0.15, 0.2) is 0 Å². The Morgan fingerprint density at radius 1 is 0.846 bits per heavy atom. The van der Waals surface area contributed by atoms with Gasteiger partial charge in [-0.25, -0.2) is 0 Å². The Bertz CT molecular complexity index is 460. The van der Waals surface area contributed by atoms with Crippen LogP contribution in [-0.2, 0) is 14.2 Å². The van der Waals surface area contributed by atoms with Crippen molar-refractivity contribution in [2.75, 3.05) is 46.2 Å². The molecule has 0 atom stereocenters. The van der Waals surface area contributed by atoms with Gasteiger partial charge in [-0.3, -0.25) is 4.79 Å². The van der Waals surface area contributed by atoms with Crippen LogP contribution in [0.15, 0.2) is 21.1 Å². The molecule has 5 nitrogen and oxygen atoms in total. The van der Waals surface area contributed by atoms with Crippen molar-refractivity contribution in [2.24, 2.45) is 0 Å². The fourth-order valence-electron chi connectivity index (χ4n) is 1.78. The summed E-state index contributed by atoms with van der Waals surface area (Å²) in [6.45, 7) is 10.1. The van der Waals surface area contributed by atoms with Crippen molar-refractivity contribution in [3.63, 3.8) is 0 Å².